The maximum atomic E-state index is 13.8. The molecule has 0 N–H and O–H groups in total. The Hall–Kier alpha value is -0.400. The summed E-state index contributed by atoms with van der Waals surface area (Å²) < 4.78 is 16.5. The number of likely N-dealkylation sites (tertiary alicyclic amines) is 1. The van der Waals surface area contributed by atoms with Crippen LogP contribution in [0.3, 0.4) is 0 Å². The molecule has 0 spiro atoms. The fourth-order valence-corrected chi connectivity index (χ4v) is 3.55. The van der Waals surface area contributed by atoms with Gasteiger partial charge in [0.05, 0.1) is 20.5 Å². The van der Waals surface area contributed by atoms with E-state index in [1.165, 1.54) is 12.8 Å². The molecular weight excluding hydrogens is 392 g/mol. The fourth-order valence-electron chi connectivity index (χ4n) is 2.90. The van der Waals surface area contributed by atoms with Crippen molar-refractivity contribution < 1.29 is 4.39 Å². The van der Waals surface area contributed by atoms with E-state index in [0.29, 0.717) is 15.5 Å². The van der Waals surface area contributed by atoms with Crippen LogP contribution in [0.4, 0.5) is 4.39 Å². The lowest BCUT2D eigenvalue weighted by molar-refractivity contribution is 0.282. The molecule has 3 nitrogen and oxygen atoms in total. The average Bonchev–Trinajstić information content (AvgIpc) is 2.96. The summed E-state index contributed by atoms with van der Waals surface area (Å²) in [6.07, 6.45) is 2.39. The summed E-state index contributed by atoms with van der Waals surface area (Å²) in [4.78, 5) is 6.90. The van der Waals surface area contributed by atoms with Crippen molar-refractivity contribution in [2.75, 3.05) is 13.6 Å². The Labute approximate surface area is 136 Å². The Morgan fingerprint density at radius 2 is 2.30 bits per heavy atom. The molecule has 1 atom stereocenters. The molecule has 0 saturated carbocycles. The average molecular weight is 408 g/mol. The molecule has 0 amide bonds. The molecule has 0 bridgehead atoms. The van der Waals surface area contributed by atoms with Crippen molar-refractivity contribution in [3.05, 3.63) is 27.3 Å². The number of nitrogens with zero attached hydrogens (tertiary/aromatic N) is 3. The first-order chi connectivity index (χ1) is 9.60. The predicted molar refractivity (Wildman–Crippen MR) is 87.6 cm³/mol. The van der Waals surface area contributed by atoms with E-state index < -0.39 is 0 Å². The molecule has 3 rings (SSSR count). The number of imidazole rings is 1. The summed E-state index contributed by atoms with van der Waals surface area (Å²) in [6.45, 7) is 1.95. The molecule has 108 valence electrons. The zero-order valence-electron chi connectivity index (χ0n) is 11.2. The molecule has 1 unspecified atom stereocenters. The second kappa shape index (κ2) is 5.77. The first-order valence-electron chi connectivity index (χ1n) is 6.70. The van der Waals surface area contributed by atoms with E-state index in [1.54, 1.807) is 12.1 Å². The van der Waals surface area contributed by atoms with Crippen molar-refractivity contribution in [2.24, 2.45) is 0 Å². The lowest BCUT2D eigenvalue weighted by Gasteiger charge is -2.21. The maximum absolute atomic E-state index is 13.8. The third kappa shape index (κ3) is 2.55. The topological polar surface area (TPSA) is 21.1 Å². The molecule has 1 aromatic carbocycles. The smallest absolute Gasteiger partial charge is 0.138 e. The van der Waals surface area contributed by atoms with E-state index in [2.05, 4.69) is 21.5 Å². The minimum absolute atomic E-state index is 0.194. The normalized spacial score (nSPS) is 20.1. The zero-order valence-corrected chi connectivity index (χ0v) is 14.2. The molecular formula is C14H16ClFIN3. The third-order valence-electron chi connectivity index (χ3n) is 4.05. The lowest BCUT2D eigenvalue weighted by atomic mass is 10.2. The molecule has 1 aromatic heterocycles. The van der Waals surface area contributed by atoms with Crippen LogP contribution in [0, 0.1) is 9.39 Å². The number of rotatable bonds is 3. The molecule has 1 saturated heterocycles. The van der Waals surface area contributed by atoms with E-state index in [9.17, 15) is 4.39 Å². The van der Waals surface area contributed by atoms with Crippen LogP contribution in [0.25, 0.3) is 11.0 Å². The number of hydrogen-bond acceptors (Lipinski definition) is 2. The van der Waals surface area contributed by atoms with Gasteiger partial charge in [-0.2, -0.15) is 0 Å². The van der Waals surface area contributed by atoms with Gasteiger partial charge < -0.3 is 9.47 Å². The second-order valence-electron chi connectivity index (χ2n) is 5.30. The molecule has 6 heteroatoms. The second-order valence-corrected chi connectivity index (χ2v) is 6.73. The van der Waals surface area contributed by atoms with Crippen LogP contribution in [-0.2, 0) is 12.4 Å². The summed E-state index contributed by atoms with van der Waals surface area (Å²) in [5, 5.41) is 0. The predicted octanol–water partition coefficient (Wildman–Crippen LogP) is 3.61. The number of hydrogen-bond donors (Lipinski definition) is 0. The van der Waals surface area contributed by atoms with E-state index in [1.807, 2.05) is 22.6 Å². The molecule has 1 aliphatic rings. The fraction of sp³-hybridized carbons (Fsp3) is 0.500. The summed E-state index contributed by atoms with van der Waals surface area (Å²) in [6, 6.07) is 3.85. The quantitative estimate of drug-likeness (QED) is 0.572. The van der Waals surface area contributed by atoms with Crippen LogP contribution in [0.5, 0.6) is 0 Å². The Morgan fingerprint density at radius 1 is 1.50 bits per heavy atom. The van der Waals surface area contributed by atoms with Crippen LogP contribution < -0.4 is 0 Å². The molecule has 1 fully saturated rings. The van der Waals surface area contributed by atoms with Crippen molar-refractivity contribution in [1.82, 2.24) is 14.5 Å². The highest BCUT2D eigenvalue weighted by Crippen LogP contribution is 2.25. The zero-order chi connectivity index (χ0) is 14.3. The highest BCUT2D eigenvalue weighted by Gasteiger charge is 2.23. The monoisotopic (exact) mass is 407 g/mol. The molecule has 2 heterocycles. The van der Waals surface area contributed by atoms with Gasteiger partial charge in [0, 0.05) is 18.7 Å². The van der Waals surface area contributed by atoms with Gasteiger partial charge in [0.15, 0.2) is 0 Å². The molecule has 1 aliphatic heterocycles. The number of fused-ring (bicyclic) bond motifs is 1. The van der Waals surface area contributed by atoms with Gasteiger partial charge in [-0.25, -0.2) is 9.37 Å². The van der Waals surface area contributed by atoms with Crippen LogP contribution >= 0.6 is 34.2 Å². The van der Waals surface area contributed by atoms with Crippen molar-refractivity contribution in [1.29, 1.82) is 0 Å². The number of halogens is 3. The Kier molecular flexibility index (Phi) is 4.19. The Morgan fingerprint density at radius 3 is 2.95 bits per heavy atom. The summed E-state index contributed by atoms with van der Waals surface area (Å²) in [5.74, 6) is 0.979. The molecule has 0 aliphatic carbocycles. The van der Waals surface area contributed by atoms with Gasteiger partial charge in [0.1, 0.15) is 11.6 Å². The van der Waals surface area contributed by atoms with Crippen LogP contribution in [0.1, 0.15) is 18.7 Å². The number of likely N-dealkylation sites (N-methyl/N-ethyl adjacent to an activating group) is 1. The highest BCUT2D eigenvalue weighted by atomic mass is 127. The van der Waals surface area contributed by atoms with Crippen molar-refractivity contribution in [3.63, 3.8) is 0 Å². The number of alkyl halides is 1. The van der Waals surface area contributed by atoms with Gasteiger partial charge in [-0.05, 0) is 55.1 Å². The van der Waals surface area contributed by atoms with Crippen molar-refractivity contribution >= 4 is 45.2 Å². The third-order valence-corrected chi connectivity index (χ3v) is 5.12. The lowest BCUT2D eigenvalue weighted by Crippen LogP contribution is -2.29. The largest absolute Gasteiger partial charge is 0.325 e. The van der Waals surface area contributed by atoms with Crippen molar-refractivity contribution in [2.45, 2.75) is 31.3 Å². The minimum Gasteiger partial charge on any atom is -0.325 e. The Balaban J connectivity index is 2.05. The maximum Gasteiger partial charge on any atom is 0.138 e. The highest BCUT2D eigenvalue weighted by molar-refractivity contribution is 14.1. The van der Waals surface area contributed by atoms with Gasteiger partial charge >= 0.3 is 0 Å². The van der Waals surface area contributed by atoms with E-state index >= 15 is 0 Å². The Bertz CT molecular complexity index is 643. The van der Waals surface area contributed by atoms with Crippen LogP contribution in [0.2, 0.25) is 0 Å². The standard InChI is InChI=1S/C14H16ClFIN3/c1-19-4-2-3-9(19)8-20-13-5-10(16)11(17)6-12(13)18-14(20)7-15/h5-6,9H,2-4,7-8H2,1H3. The molecule has 0 radical (unpaired) electrons. The van der Waals surface area contributed by atoms with Gasteiger partial charge in [0.2, 0.25) is 0 Å². The van der Waals surface area contributed by atoms with Gasteiger partial charge in [0.25, 0.3) is 0 Å². The summed E-state index contributed by atoms with van der Waals surface area (Å²) in [5.41, 5.74) is 1.67. The summed E-state index contributed by atoms with van der Waals surface area (Å²) in [7, 11) is 2.14. The van der Waals surface area contributed by atoms with Crippen molar-refractivity contribution in [3.8, 4) is 0 Å². The SMILES string of the molecule is CN1CCCC1Cn1c(CCl)nc2cc(I)c(F)cc21. The van der Waals surface area contributed by atoms with Gasteiger partial charge in [-0.1, -0.05) is 0 Å². The van der Waals surface area contributed by atoms with Crippen LogP contribution in [0.15, 0.2) is 12.1 Å². The van der Waals surface area contributed by atoms with E-state index in [-0.39, 0.29) is 5.82 Å². The first-order valence-corrected chi connectivity index (χ1v) is 8.32. The minimum atomic E-state index is -0.194. The summed E-state index contributed by atoms with van der Waals surface area (Å²) >= 11 is 8.01. The van der Waals surface area contributed by atoms with E-state index in [0.717, 1.165) is 29.9 Å². The van der Waals surface area contributed by atoms with Crippen LogP contribution in [-0.4, -0.2) is 34.1 Å². The number of aromatic nitrogens is 2. The number of benzene rings is 1. The van der Waals surface area contributed by atoms with Gasteiger partial charge in [-0.15, -0.1) is 11.6 Å². The molecule has 2 aromatic rings. The van der Waals surface area contributed by atoms with E-state index in [4.69, 9.17) is 11.6 Å². The van der Waals surface area contributed by atoms with Gasteiger partial charge in [-0.3, -0.25) is 0 Å². The molecule has 20 heavy (non-hydrogen) atoms. The first kappa shape index (κ1) is 14.5.